The molecule has 0 spiro atoms. The highest BCUT2D eigenvalue weighted by atomic mass is 35.5. The van der Waals surface area contributed by atoms with Crippen LogP contribution >= 0.6 is 11.6 Å². The molecule has 3 heterocycles. The van der Waals surface area contributed by atoms with Crippen molar-refractivity contribution >= 4 is 17.5 Å². The Kier molecular flexibility index (Phi) is 7.32. The number of anilines is 1. The van der Waals surface area contributed by atoms with Gasteiger partial charge in [-0.3, -0.25) is 4.79 Å². The molecule has 0 aliphatic carbocycles. The quantitative estimate of drug-likeness (QED) is 0.539. The molecule has 1 fully saturated rings. The van der Waals surface area contributed by atoms with Crippen LogP contribution in [0.25, 0.3) is 11.3 Å². The van der Waals surface area contributed by atoms with Crippen LogP contribution in [0.2, 0.25) is 5.02 Å². The van der Waals surface area contributed by atoms with E-state index in [-0.39, 0.29) is 41.3 Å². The van der Waals surface area contributed by atoms with Crippen molar-refractivity contribution < 1.29 is 18.6 Å². The standard InChI is InChI=1S/C23H23ClF2N4O3/c24-17-2-1-14(11-18(17)25)20(4-8-31)30-7-3-15(12-21(30)32)22-19(26)13-27-23(29-22)28-16-5-9-33-10-6-16/h1-3,7,11-13,16,20,31H,4-6,8-10H2,(H,27,28,29)/t20-/m1/s1. The van der Waals surface area contributed by atoms with Crippen LogP contribution in [0.4, 0.5) is 14.7 Å². The molecule has 1 atom stereocenters. The van der Waals surface area contributed by atoms with E-state index in [1.54, 1.807) is 12.1 Å². The molecule has 0 saturated carbocycles. The molecule has 2 N–H and O–H groups in total. The van der Waals surface area contributed by atoms with Gasteiger partial charge in [0.1, 0.15) is 11.5 Å². The number of nitrogens with zero attached hydrogens (tertiary/aromatic N) is 3. The van der Waals surface area contributed by atoms with Gasteiger partial charge in [-0.2, -0.15) is 0 Å². The monoisotopic (exact) mass is 476 g/mol. The Morgan fingerprint density at radius 1 is 1.21 bits per heavy atom. The first-order chi connectivity index (χ1) is 16.0. The van der Waals surface area contributed by atoms with E-state index >= 15 is 0 Å². The van der Waals surface area contributed by atoms with Crippen LogP contribution in [0.3, 0.4) is 0 Å². The third-order valence-electron chi connectivity index (χ3n) is 5.59. The molecule has 4 rings (SSSR count). The smallest absolute Gasteiger partial charge is 0.251 e. The number of nitrogens with one attached hydrogen (secondary N) is 1. The molecular weight excluding hydrogens is 454 g/mol. The molecule has 1 saturated heterocycles. The summed E-state index contributed by atoms with van der Waals surface area (Å²) in [6.07, 6.45) is 4.33. The van der Waals surface area contributed by atoms with Gasteiger partial charge >= 0.3 is 0 Å². The summed E-state index contributed by atoms with van der Waals surface area (Å²) < 4.78 is 35.2. The van der Waals surface area contributed by atoms with Gasteiger partial charge in [0.05, 0.1) is 17.3 Å². The summed E-state index contributed by atoms with van der Waals surface area (Å²) in [5.41, 5.74) is 0.325. The van der Waals surface area contributed by atoms with Crippen LogP contribution in [0.5, 0.6) is 0 Å². The lowest BCUT2D eigenvalue weighted by Crippen LogP contribution is -2.28. The number of halogens is 3. The van der Waals surface area contributed by atoms with E-state index in [0.717, 1.165) is 19.0 Å². The normalized spacial score (nSPS) is 15.4. The lowest BCUT2D eigenvalue weighted by Gasteiger charge is -2.23. The maximum atomic E-state index is 14.5. The van der Waals surface area contributed by atoms with Gasteiger partial charge in [0.15, 0.2) is 5.82 Å². The molecule has 0 unspecified atom stereocenters. The van der Waals surface area contributed by atoms with Gasteiger partial charge < -0.3 is 19.7 Å². The SMILES string of the molecule is O=c1cc(-c2nc(NC3CCOCC3)ncc2F)ccn1[C@H](CCO)c1ccc(Cl)c(F)c1. The van der Waals surface area contributed by atoms with Crippen LogP contribution in [0.15, 0.2) is 47.5 Å². The average Bonchev–Trinajstić information content (AvgIpc) is 2.81. The first-order valence-corrected chi connectivity index (χ1v) is 11.0. The number of hydrogen-bond donors (Lipinski definition) is 2. The lowest BCUT2D eigenvalue weighted by molar-refractivity contribution is 0.0903. The first kappa shape index (κ1) is 23.3. The third-order valence-corrected chi connectivity index (χ3v) is 5.89. The van der Waals surface area contributed by atoms with Crippen molar-refractivity contribution in [1.29, 1.82) is 0 Å². The summed E-state index contributed by atoms with van der Waals surface area (Å²) in [5, 5.41) is 12.6. The van der Waals surface area contributed by atoms with E-state index in [0.29, 0.717) is 18.8 Å². The van der Waals surface area contributed by atoms with Crippen LogP contribution in [-0.2, 0) is 4.74 Å². The Morgan fingerprint density at radius 3 is 2.70 bits per heavy atom. The number of benzene rings is 1. The van der Waals surface area contributed by atoms with Gasteiger partial charge in [-0.1, -0.05) is 17.7 Å². The van der Waals surface area contributed by atoms with E-state index in [1.165, 1.54) is 29.0 Å². The molecular formula is C23H23ClF2N4O3. The highest BCUT2D eigenvalue weighted by Gasteiger charge is 2.19. The largest absolute Gasteiger partial charge is 0.396 e. The van der Waals surface area contributed by atoms with Crippen molar-refractivity contribution in [3.8, 4) is 11.3 Å². The zero-order chi connectivity index (χ0) is 23.4. The highest BCUT2D eigenvalue weighted by molar-refractivity contribution is 6.30. The van der Waals surface area contributed by atoms with Crippen molar-refractivity contribution in [1.82, 2.24) is 14.5 Å². The van der Waals surface area contributed by atoms with Gasteiger partial charge in [0.25, 0.3) is 5.56 Å². The fourth-order valence-corrected chi connectivity index (χ4v) is 3.98. The van der Waals surface area contributed by atoms with E-state index in [4.69, 9.17) is 16.3 Å². The van der Waals surface area contributed by atoms with Crippen LogP contribution in [0.1, 0.15) is 30.9 Å². The van der Waals surface area contributed by atoms with E-state index in [2.05, 4.69) is 15.3 Å². The average molecular weight is 477 g/mol. The van der Waals surface area contributed by atoms with Crippen molar-refractivity contribution in [3.05, 3.63) is 75.3 Å². The number of pyridine rings is 1. The third kappa shape index (κ3) is 5.38. The Labute approximate surface area is 194 Å². The Morgan fingerprint density at radius 2 is 2.00 bits per heavy atom. The van der Waals surface area contributed by atoms with Crippen LogP contribution in [0, 0.1) is 11.6 Å². The Bertz CT molecular complexity index is 1180. The van der Waals surface area contributed by atoms with E-state index in [1.807, 2.05) is 0 Å². The van der Waals surface area contributed by atoms with E-state index in [9.17, 15) is 18.7 Å². The summed E-state index contributed by atoms with van der Waals surface area (Å²) in [4.78, 5) is 21.2. The van der Waals surface area contributed by atoms with Crippen molar-refractivity contribution in [3.63, 3.8) is 0 Å². The fraction of sp³-hybridized carbons (Fsp3) is 0.348. The zero-order valence-electron chi connectivity index (χ0n) is 17.7. The molecule has 1 aliphatic rings. The molecule has 10 heteroatoms. The fourth-order valence-electron chi connectivity index (χ4n) is 3.87. The van der Waals surface area contributed by atoms with Gasteiger partial charge in [0, 0.05) is 43.7 Å². The van der Waals surface area contributed by atoms with Crippen molar-refractivity contribution in [2.45, 2.75) is 31.3 Å². The molecule has 174 valence electrons. The zero-order valence-corrected chi connectivity index (χ0v) is 18.4. The molecule has 7 nitrogen and oxygen atoms in total. The molecule has 1 aromatic carbocycles. The highest BCUT2D eigenvalue weighted by Crippen LogP contribution is 2.26. The van der Waals surface area contributed by atoms with Crippen molar-refractivity contribution in [2.75, 3.05) is 25.1 Å². The molecule has 0 amide bonds. The number of ether oxygens (including phenoxy) is 1. The van der Waals surface area contributed by atoms with Gasteiger partial charge in [-0.25, -0.2) is 18.7 Å². The molecule has 0 bridgehead atoms. The minimum atomic E-state index is -0.656. The number of hydrogen-bond acceptors (Lipinski definition) is 6. The predicted molar refractivity (Wildman–Crippen MR) is 120 cm³/mol. The topological polar surface area (TPSA) is 89.3 Å². The van der Waals surface area contributed by atoms with Crippen LogP contribution in [-0.4, -0.2) is 45.5 Å². The molecule has 0 radical (unpaired) electrons. The summed E-state index contributed by atoms with van der Waals surface area (Å²) in [7, 11) is 0. The number of aliphatic hydroxyl groups is 1. The second-order valence-corrected chi connectivity index (χ2v) is 8.19. The van der Waals surface area contributed by atoms with Gasteiger partial charge in [-0.05, 0) is 43.0 Å². The minimum absolute atomic E-state index is 0.0000509. The summed E-state index contributed by atoms with van der Waals surface area (Å²) >= 11 is 5.77. The minimum Gasteiger partial charge on any atom is -0.396 e. The van der Waals surface area contributed by atoms with E-state index < -0.39 is 23.2 Å². The maximum absolute atomic E-state index is 14.5. The molecule has 33 heavy (non-hydrogen) atoms. The summed E-state index contributed by atoms with van der Waals surface area (Å²) in [6.45, 7) is 1.05. The first-order valence-electron chi connectivity index (χ1n) is 10.6. The molecule has 2 aromatic heterocycles. The second kappa shape index (κ2) is 10.4. The maximum Gasteiger partial charge on any atom is 0.251 e. The summed E-state index contributed by atoms with van der Waals surface area (Å²) in [5.74, 6) is -0.997. The van der Waals surface area contributed by atoms with Crippen molar-refractivity contribution in [2.24, 2.45) is 0 Å². The molecule has 3 aromatic rings. The van der Waals surface area contributed by atoms with Crippen LogP contribution < -0.4 is 10.9 Å². The summed E-state index contributed by atoms with van der Waals surface area (Å²) in [6, 6.07) is 6.57. The Hall–Kier alpha value is -2.88. The second-order valence-electron chi connectivity index (χ2n) is 7.78. The van der Waals surface area contributed by atoms with Gasteiger partial charge in [-0.15, -0.1) is 0 Å². The lowest BCUT2D eigenvalue weighted by atomic mass is 10.0. The van der Waals surface area contributed by atoms with Gasteiger partial charge in [0.2, 0.25) is 5.95 Å². The Balaban J connectivity index is 1.64. The number of rotatable bonds is 7. The number of aliphatic hydroxyl groups excluding tert-OH is 1. The number of aromatic nitrogens is 3. The predicted octanol–water partition coefficient (Wildman–Crippen LogP) is 3.80. The molecule has 1 aliphatic heterocycles.